The van der Waals surface area contributed by atoms with Gasteiger partial charge in [0.2, 0.25) is 0 Å². The van der Waals surface area contributed by atoms with Gasteiger partial charge in [-0.25, -0.2) is 0 Å². The summed E-state index contributed by atoms with van der Waals surface area (Å²) in [5.74, 6) is 1.76. The molecule has 0 saturated carbocycles. The molecule has 1 aromatic carbocycles. The van der Waals surface area contributed by atoms with Crippen LogP contribution in [0.2, 0.25) is 0 Å². The third-order valence-electron chi connectivity index (χ3n) is 4.01. The van der Waals surface area contributed by atoms with Gasteiger partial charge in [0.1, 0.15) is 5.75 Å². The van der Waals surface area contributed by atoms with E-state index in [4.69, 9.17) is 4.74 Å². The fraction of sp³-hybridized carbons (Fsp3) is 0.684. The molecule has 0 aliphatic heterocycles. The smallest absolute Gasteiger partial charge is 0.119 e. The van der Waals surface area contributed by atoms with Crippen molar-refractivity contribution < 1.29 is 4.74 Å². The summed E-state index contributed by atoms with van der Waals surface area (Å²) in [6.07, 6.45) is 5.48. The van der Waals surface area contributed by atoms with E-state index in [0.717, 1.165) is 18.2 Å². The van der Waals surface area contributed by atoms with Crippen molar-refractivity contribution in [3.63, 3.8) is 0 Å². The molecule has 1 aromatic rings. The molecule has 2 heteroatoms. The lowest BCUT2D eigenvalue weighted by Crippen LogP contribution is -2.25. The first-order valence-electron chi connectivity index (χ1n) is 8.56. The van der Waals surface area contributed by atoms with Crippen LogP contribution in [0.5, 0.6) is 5.75 Å². The maximum absolute atomic E-state index is 5.69. The second-order valence-corrected chi connectivity index (χ2v) is 6.28. The van der Waals surface area contributed by atoms with Crippen LogP contribution in [-0.4, -0.2) is 12.6 Å². The molecule has 0 spiro atoms. The first-order chi connectivity index (χ1) is 10.1. The first kappa shape index (κ1) is 18.0. The minimum Gasteiger partial charge on any atom is -0.491 e. The van der Waals surface area contributed by atoms with E-state index in [0.29, 0.717) is 6.04 Å². The van der Waals surface area contributed by atoms with Crippen molar-refractivity contribution in [3.8, 4) is 5.75 Å². The van der Waals surface area contributed by atoms with Gasteiger partial charge in [0.25, 0.3) is 0 Å². The third kappa shape index (κ3) is 6.99. The summed E-state index contributed by atoms with van der Waals surface area (Å²) in [4.78, 5) is 0. The third-order valence-corrected chi connectivity index (χ3v) is 4.01. The molecule has 0 bridgehead atoms. The molecule has 0 aliphatic carbocycles. The van der Waals surface area contributed by atoms with Crippen LogP contribution in [-0.2, 0) is 0 Å². The molecule has 0 saturated heterocycles. The normalized spacial score (nSPS) is 14.2. The molecule has 0 aromatic heterocycles. The number of ether oxygens (including phenoxy) is 1. The van der Waals surface area contributed by atoms with Crippen molar-refractivity contribution in [2.24, 2.45) is 5.92 Å². The van der Waals surface area contributed by atoms with Crippen LogP contribution < -0.4 is 10.1 Å². The highest BCUT2D eigenvalue weighted by Gasteiger charge is 2.10. The number of nitrogens with one attached hydrogen (secondary N) is 1. The Bertz CT molecular complexity index is 372. The highest BCUT2D eigenvalue weighted by atomic mass is 16.5. The predicted molar refractivity (Wildman–Crippen MR) is 91.9 cm³/mol. The van der Waals surface area contributed by atoms with E-state index in [1.165, 1.54) is 31.2 Å². The van der Waals surface area contributed by atoms with Gasteiger partial charge in [-0.3, -0.25) is 0 Å². The molecular weight excluding hydrogens is 258 g/mol. The van der Waals surface area contributed by atoms with E-state index < -0.39 is 0 Å². The molecule has 2 atom stereocenters. The summed E-state index contributed by atoms with van der Waals surface area (Å²) in [6.45, 7) is 12.0. The molecule has 2 nitrogen and oxygen atoms in total. The number of benzene rings is 1. The summed E-state index contributed by atoms with van der Waals surface area (Å²) < 4.78 is 5.69. The van der Waals surface area contributed by atoms with Crippen molar-refractivity contribution >= 4 is 0 Å². The summed E-state index contributed by atoms with van der Waals surface area (Å²) in [6, 6.07) is 8.88. The molecule has 0 amide bonds. The molecule has 120 valence electrons. The van der Waals surface area contributed by atoms with Gasteiger partial charge in [0.05, 0.1) is 6.10 Å². The lowest BCUT2D eigenvalue weighted by atomic mass is 9.98. The molecule has 0 radical (unpaired) electrons. The second kappa shape index (κ2) is 9.83. The van der Waals surface area contributed by atoms with Gasteiger partial charge in [0, 0.05) is 6.04 Å². The standard InChI is InChI=1S/C19H33NO/c1-6-8-9-17(7-2)14-20-16(5)18-10-12-19(13-11-18)21-15(3)4/h10-13,15-17,20H,6-9,14H2,1-5H3. The van der Waals surface area contributed by atoms with Gasteiger partial charge in [-0.05, 0) is 57.4 Å². The zero-order valence-corrected chi connectivity index (χ0v) is 14.5. The van der Waals surface area contributed by atoms with Crippen molar-refractivity contribution in [3.05, 3.63) is 29.8 Å². The van der Waals surface area contributed by atoms with Crippen LogP contribution in [0.3, 0.4) is 0 Å². The van der Waals surface area contributed by atoms with Crippen LogP contribution in [0, 0.1) is 5.92 Å². The summed E-state index contributed by atoms with van der Waals surface area (Å²) in [7, 11) is 0. The minimum atomic E-state index is 0.232. The van der Waals surface area contributed by atoms with Gasteiger partial charge in [-0.15, -0.1) is 0 Å². The lowest BCUT2D eigenvalue weighted by Gasteiger charge is -2.20. The van der Waals surface area contributed by atoms with Gasteiger partial charge in [-0.2, -0.15) is 0 Å². The van der Waals surface area contributed by atoms with Crippen molar-refractivity contribution in [2.75, 3.05) is 6.54 Å². The molecule has 2 unspecified atom stereocenters. The van der Waals surface area contributed by atoms with Crippen LogP contribution in [0.25, 0.3) is 0 Å². The Balaban J connectivity index is 2.45. The van der Waals surface area contributed by atoms with E-state index in [1.54, 1.807) is 0 Å². The Morgan fingerprint density at radius 2 is 1.71 bits per heavy atom. The molecule has 1 N–H and O–H groups in total. The second-order valence-electron chi connectivity index (χ2n) is 6.28. The molecule has 0 heterocycles. The van der Waals surface area contributed by atoms with E-state index in [-0.39, 0.29) is 6.10 Å². The van der Waals surface area contributed by atoms with E-state index in [2.05, 4.69) is 64.2 Å². The molecule has 0 fully saturated rings. The Hall–Kier alpha value is -1.02. The summed E-state index contributed by atoms with van der Waals surface area (Å²) in [5.41, 5.74) is 1.33. The van der Waals surface area contributed by atoms with Gasteiger partial charge in [-0.1, -0.05) is 45.2 Å². The number of hydrogen-bond acceptors (Lipinski definition) is 2. The SMILES string of the molecule is CCCCC(CC)CNC(C)c1ccc(OC(C)C)cc1. The Labute approximate surface area is 131 Å². The largest absolute Gasteiger partial charge is 0.491 e. The van der Waals surface area contributed by atoms with E-state index >= 15 is 0 Å². The van der Waals surface area contributed by atoms with Gasteiger partial charge >= 0.3 is 0 Å². The first-order valence-corrected chi connectivity index (χ1v) is 8.56. The average Bonchev–Trinajstić information content (AvgIpc) is 2.47. The average molecular weight is 291 g/mol. The number of hydrogen-bond donors (Lipinski definition) is 1. The fourth-order valence-electron chi connectivity index (χ4n) is 2.51. The molecular formula is C19H33NO. The van der Waals surface area contributed by atoms with Crippen molar-refractivity contribution in [1.82, 2.24) is 5.32 Å². The molecule has 0 aliphatic rings. The zero-order valence-electron chi connectivity index (χ0n) is 14.5. The van der Waals surface area contributed by atoms with Crippen molar-refractivity contribution in [1.29, 1.82) is 0 Å². The Morgan fingerprint density at radius 1 is 1.05 bits per heavy atom. The number of rotatable bonds is 10. The Morgan fingerprint density at radius 3 is 2.24 bits per heavy atom. The topological polar surface area (TPSA) is 21.3 Å². The van der Waals surface area contributed by atoms with Crippen LogP contribution in [0.4, 0.5) is 0 Å². The predicted octanol–water partition coefficient (Wildman–Crippen LogP) is 5.34. The quantitative estimate of drug-likeness (QED) is 0.628. The summed E-state index contributed by atoms with van der Waals surface area (Å²) in [5, 5.41) is 3.68. The highest BCUT2D eigenvalue weighted by molar-refractivity contribution is 5.29. The van der Waals surface area contributed by atoms with E-state index in [1.807, 2.05) is 0 Å². The lowest BCUT2D eigenvalue weighted by molar-refractivity contribution is 0.242. The summed E-state index contributed by atoms with van der Waals surface area (Å²) >= 11 is 0. The highest BCUT2D eigenvalue weighted by Crippen LogP contribution is 2.19. The maximum atomic E-state index is 5.69. The van der Waals surface area contributed by atoms with Crippen LogP contribution >= 0.6 is 0 Å². The zero-order chi connectivity index (χ0) is 15.7. The van der Waals surface area contributed by atoms with E-state index in [9.17, 15) is 0 Å². The van der Waals surface area contributed by atoms with Crippen molar-refractivity contribution in [2.45, 2.75) is 72.4 Å². The van der Waals surface area contributed by atoms with Crippen LogP contribution in [0.1, 0.15) is 71.9 Å². The maximum Gasteiger partial charge on any atom is 0.119 e. The number of unbranched alkanes of at least 4 members (excludes halogenated alkanes) is 1. The minimum absolute atomic E-state index is 0.232. The molecule has 1 rings (SSSR count). The van der Waals surface area contributed by atoms with Crippen LogP contribution in [0.15, 0.2) is 24.3 Å². The fourth-order valence-corrected chi connectivity index (χ4v) is 2.51. The van der Waals surface area contributed by atoms with Gasteiger partial charge < -0.3 is 10.1 Å². The monoisotopic (exact) mass is 291 g/mol. The van der Waals surface area contributed by atoms with Gasteiger partial charge in [0.15, 0.2) is 0 Å². The Kier molecular flexibility index (Phi) is 8.44. The molecule has 21 heavy (non-hydrogen) atoms.